The van der Waals surface area contributed by atoms with Crippen molar-refractivity contribution in [3.63, 3.8) is 0 Å². The van der Waals surface area contributed by atoms with Crippen LogP contribution in [0, 0.1) is 13.8 Å². The average molecular weight is 250 g/mol. The summed E-state index contributed by atoms with van der Waals surface area (Å²) in [5.74, 6) is 0.0404. The molecule has 18 heavy (non-hydrogen) atoms. The maximum absolute atomic E-state index is 11.9. The summed E-state index contributed by atoms with van der Waals surface area (Å²) in [4.78, 5) is 23.1. The molecule has 0 spiro atoms. The van der Waals surface area contributed by atoms with Crippen LogP contribution in [-0.4, -0.2) is 25.5 Å². The number of esters is 1. The fourth-order valence-electron chi connectivity index (χ4n) is 1.88. The highest BCUT2D eigenvalue weighted by Gasteiger charge is 2.15. The predicted octanol–water partition coefficient (Wildman–Crippen LogP) is 2.45. The zero-order valence-corrected chi connectivity index (χ0v) is 11.2. The number of ketones is 1. The minimum atomic E-state index is -0.492. The summed E-state index contributed by atoms with van der Waals surface area (Å²) in [6.07, 6.45) is -0.223. The maximum Gasteiger partial charge on any atom is 0.313 e. The monoisotopic (exact) mass is 250 g/mol. The van der Waals surface area contributed by atoms with Crippen LogP contribution in [0.4, 0.5) is 0 Å². The van der Waals surface area contributed by atoms with Crippen molar-refractivity contribution in [2.45, 2.75) is 27.2 Å². The van der Waals surface area contributed by atoms with Crippen molar-refractivity contribution in [1.29, 1.82) is 0 Å². The first-order valence-corrected chi connectivity index (χ1v) is 5.83. The summed E-state index contributed by atoms with van der Waals surface area (Å²) >= 11 is 0. The van der Waals surface area contributed by atoms with E-state index in [1.165, 1.54) is 0 Å². The van der Waals surface area contributed by atoms with Crippen molar-refractivity contribution in [3.8, 4) is 5.75 Å². The molecule has 0 bridgehead atoms. The fourth-order valence-corrected chi connectivity index (χ4v) is 1.88. The minimum absolute atomic E-state index is 0.223. The van der Waals surface area contributed by atoms with Gasteiger partial charge in [0.25, 0.3) is 0 Å². The van der Waals surface area contributed by atoms with E-state index in [9.17, 15) is 9.59 Å². The van der Waals surface area contributed by atoms with E-state index >= 15 is 0 Å². The number of benzene rings is 1. The summed E-state index contributed by atoms with van der Waals surface area (Å²) in [5, 5.41) is 0. The molecule has 0 aliphatic heterocycles. The molecule has 0 aromatic heterocycles. The maximum atomic E-state index is 11.9. The van der Waals surface area contributed by atoms with Crippen LogP contribution in [0.25, 0.3) is 0 Å². The van der Waals surface area contributed by atoms with Crippen molar-refractivity contribution in [2.24, 2.45) is 0 Å². The van der Waals surface area contributed by atoms with Crippen molar-refractivity contribution in [2.75, 3.05) is 13.7 Å². The Kier molecular flexibility index (Phi) is 4.89. The molecule has 98 valence electrons. The fraction of sp³-hybridized carbons (Fsp3) is 0.429. The molecule has 0 aliphatic carbocycles. The Hall–Kier alpha value is -1.84. The van der Waals surface area contributed by atoms with Gasteiger partial charge in [0, 0.05) is 5.56 Å². The summed E-state index contributed by atoms with van der Waals surface area (Å²) in [5.41, 5.74) is 2.27. The van der Waals surface area contributed by atoms with Gasteiger partial charge in [-0.3, -0.25) is 9.59 Å². The number of carbonyl (C=O) groups is 2. The zero-order chi connectivity index (χ0) is 13.7. The average Bonchev–Trinajstić information content (AvgIpc) is 2.28. The molecule has 0 saturated carbocycles. The molecule has 4 nitrogen and oxygen atoms in total. The molecule has 0 amide bonds. The SMILES string of the molecule is CCOC(=O)CC(=O)c1cc(C)c(OC)c(C)c1. The number of methoxy groups -OCH3 is 1. The van der Waals surface area contributed by atoms with Crippen molar-refractivity contribution < 1.29 is 19.1 Å². The molecule has 0 heterocycles. The van der Waals surface area contributed by atoms with Crippen LogP contribution in [0.3, 0.4) is 0 Å². The molecule has 0 N–H and O–H groups in total. The van der Waals surface area contributed by atoms with E-state index in [1.807, 2.05) is 13.8 Å². The summed E-state index contributed by atoms with van der Waals surface area (Å²) < 4.78 is 9.98. The molecular formula is C14H18O4. The van der Waals surface area contributed by atoms with Gasteiger partial charge < -0.3 is 9.47 Å². The normalized spacial score (nSPS) is 10.0. The second kappa shape index (κ2) is 6.19. The molecule has 0 aliphatic rings. The van der Waals surface area contributed by atoms with Gasteiger partial charge in [-0.1, -0.05) is 0 Å². The molecule has 0 radical (unpaired) electrons. The van der Waals surface area contributed by atoms with Crippen LogP contribution in [-0.2, 0) is 9.53 Å². The van der Waals surface area contributed by atoms with Crippen molar-refractivity contribution in [3.05, 3.63) is 28.8 Å². The first kappa shape index (κ1) is 14.2. The Morgan fingerprint density at radius 1 is 1.17 bits per heavy atom. The Morgan fingerprint density at radius 2 is 1.72 bits per heavy atom. The lowest BCUT2D eigenvalue weighted by molar-refractivity contribution is -0.141. The van der Waals surface area contributed by atoms with Crippen LogP contribution in [0.5, 0.6) is 5.75 Å². The van der Waals surface area contributed by atoms with Gasteiger partial charge in [0.2, 0.25) is 0 Å². The lowest BCUT2D eigenvalue weighted by atomic mass is 10.0. The Bertz CT molecular complexity index is 440. The highest BCUT2D eigenvalue weighted by Crippen LogP contribution is 2.24. The third-order valence-corrected chi connectivity index (χ3v) is 2.60. The highest BCUT2D eigenvalue weighted by atomic mass is 16.5. The van der Waals surface area contributed by atoms with Crippen LogP contribution < -0.4 is 4.74 Å². The largest absolute Gasteiger partial charge is 0.496 e. The molecule has 0 atom stereocenters. The lowest BCUT2D eigenvalue weighted by Gasteiger charge is -2.10. The Balaban J connectivity index is 2.91. The van der Waals surface area contributed by atoms with Gasteiger partial charge in [0.05, 0.1) is 13.7 Å². The molecule has 0 saturated heterocycles. The standard InChI is InChI=1S/C14H18O4/c1-5-18-13(16)8-12(15)11-6-9(2)14(17-4)10(3)7-11/h6-7H,5,8H2,1-4H3. The molecule has 0 fully saturated rings. The van der Waals surface area contributed by atoms with E-state index in [4.69, 9.17) is 9.47 Å². The van der Waals surface area contributed by atoms with Crippen LogP contribution in [0.2, 0.25) is 0 Å². The van der Waals surface area contributed by atoms with Crippen LogP contribution >= 0.6 is 0 Å². The van der Waals surface area contributed by atoms with E-state index in [0.717, 1.165) is 16.9 Å². The topological polar surface area (TPSA) is 52.6 Å². The first-order chi connectivity index (χ1) is 8.49. The number of ether oxygens (including phenoxy) is 2. The second-order valence-electron chi connectivity index (χ2n) is 4.05. The smallest absolute Gasteiger partial charge is 0.313 e. The Labute approximate surface area is 107 Å². The molecule has 1 aromatic carbocycles. The number of hydrogen-bond acceptors (Lipinski definition) is 4. The van der Waals surface area contributed by atoms with Crippen LogP contribution in [0.1, 0.15) is 34.8 Å². The third kappa shape index (κ3) is 3.32. The molecule has 1 aromatic rings. The molecule has 4 heteroatoms. The van der Waals surface area contributed by atoms with E-state index in [-0.39, 0.29) is 18.8 Å². The van der Waals surface area contributed by atoms with E-state index in [2.05, 4.69) is 0 Å². The molecule has 1 rings (SSSR count). The van der Waals surface area contributed by atoms with Gasteiger partial charge in [0.15, 0.2) is 5.78 Å². The van der Waals surface area contributed by atoms with Crippen molar-refractivity contribution in [1.82, 2.24) is 0 Å². The predicted molar refractivity (Wildman–Crippen MR) is 68.0 cm³/mol. The van der Waals surface area contributed by atoms with Crippen LogP contribution in [0.15, 0.2) is 12.1 Å². The lowest BCUT2D eigenvalue weighted by Crippen LogP contribution is -2.12. The van der Waals surface area contributed by atoms with Gasteiger partial charge >= 0.3 is 5.97 Å². The van der Waals surface area contributed by atoms with E-state index in [0.29, 0.717) is 5.56 Å². The van der Waals surface area contributed by atoms with Gasteiger partial charge in [-0.05, 0) is 44.0 Å². The number of rotatable bonds is 5. The molecular weight excluding hydrogens is 232 g/mol. The number of hydrogen-bond donors (Lipinski definition) is 0. The summed E-state index contributed by atoms with van der Waals surface area (Å²) in [7, 11) is 1.59. The number of Topliss-reactive ketones (excluding diaryl/α,β-unsaturated/α-hetero) is 1. The minimum Gasteiger partial charge on any atom is -0.496 e. The number of carbonyl (C=O) groups excluding carboxylic acids is 2. The third-order valence-electron chi connectivity index (χ3n) is 2.60. The zero-order valence-electron chi connectivity index (χ0n) is 11.2. The molecule has 0 unspecified atom stereocenters. The van der Waals surface area contributed by atoms with Gasteiger partial charge in [0.1, 0.15) is 12.2 Å². The first-order valence-electron chi connectivity index (χ1n) is 5.83. The summed E-state index contributed by atoms with van der Waals surface area (Å²) in [6.45, 7) is 5.73. The van der Waals surface area contributed by atoms with Gasteiger partial charge in [-0.15, -0.1) is 0 Å². The van der Waals surface area contributed by atoms with Crippen molar-refractivity contribution >= 4 is 11.8 Å². The highest BCUT2D eigenvalue weighted by molar-refractivity contribution is 6.06. The van der Waals surface area contributed by atoms with Gasteiger partial charge in [-0.2, -0.15) is 0 Å². The quantitative estimate of drug-likeness (QED) is 0.457. The Morgan fingerprint density at radius 3 is 2.17 bits per heavy atom. The van der Waals surface area contributed by atoms with E-state index in [1.54, 1.807) is 26.2 Å². The number of aryl methyl sites for hydroxylation is 2. The summed E-state index contributed by atoms with van der Waals surface area (Å²) in [6, 6.07) is 3.46. The van der Waals surface area contributed by atoms with Gasteiger partial charge in [-0.25, -0.2) is 0 Å². The van der Waals surface area contributed by atoms with E-state index < -0.39 is 5.97 Å². The second-order valence-corrected chi connectivity index (χ2v) is 4.05.